The second-order valence-corrected chi connectivity index (χ2v) is 4.93. The van der Waals surface area contributed by atoms with Crippen LogP contribution in [0, 0.1) is 0 Å². The molecule has 0 saturated carbocycles. The lowest BCUT2D eigenvalue weighted by Crippen LogP contribution is -2.35. The molecule has 0 aliphatic carbocycles. The summed E-state index contributed by atoms with van der Waals surface area (Å²) in [4.78, 5) is 15.7. The van der Waals surface area contributed by atoms with Gasteiger partial charge in [0.25, 0.3) is 5.91 Å². The zero-order chi connectivity index (χ0) is 15.1. The summed E-state index contributed by atoms with van der Waals surface area (Å²) >= 11 is 0. The van der Waals surface area contributed by atoms with Gasteiger partial charge in [-0.15, -0.1) is 0 Å². The van der Waals surface area contributed by atoms with Gasteiger partial charge in [0.05, 0.1) is 0 Å². The van der Waals surface area contributed by atoms with E-state index in [4.69, 9.17) is 4.74 Å². The number of ether oxygens (including phenoxy) is 1. The Balaban J connectivity index is 1.97. The SMILES string of the molecule is CCC(C)NC(=O)COc1cccc(-c2ccncc2)c1. The lowest BCUT2D eigenvalue weighted by Gasteiger charge is -2.12. The van der Waals surface area contributed by atoms with E-state index in [9.17, 15) is 4.79 Å². The average Bonchev–Trinajstić information content (AvgIpc) is 2.54. The molecule has 21 heavy (non-hydrogen) atoms. The molecule has 0 radical (unpaired) electrons. The zero-order valence-corrected chi connectivity index (χ0v) is 12.4. The maximum atomic E-state index is 11.7. The van der Waals surface area contributed by atoms with Crippen LogP contribution in [0.3, 0.4) is 0 Å². The summed E-state index contributed by atoms with van der Waals surface area (Å²) < 4.78 is 5.55. The van der Waals surface area contributed by atoms with Crippen molar-refractivity contribution >= 4 is 5.91 Å². The van der Waals surface area contributed by atoms with Crippen molar-refractivity contribution in [2.24, 2.45) is 0 Å². The summed E-state index contributed by atoms with van der Waals surface area (Å²) in [6, 6.07) is 11.7. The predicted molar refractivity (Wildman–Crippen MR) is 83.1 cm³/mol. The molecule has 110 valence electrons. The molecule has 0 aliphatic heterocycles. The number of rotatable bonds is 6. The molecule has 4 nitrogen and oxygen atoms in total. The molecule has 1 N–H and O–H groups in total. The minimum Gasteiger partial charge on any atom is -0.484 e. The molecule has 4 heteroatoms. The van der Waals surface area contributed by atoms with Gasteiger partial charge in [0.1, 0.15) is 5.75 Å². The van der Waals surface area contributed by atoms with Crippen LogP contribution in [0.15, 0.2) is 48.8 Å². The number of nitrogens with zero attached hydrogens (tertiary/aromatic N) is 1. The number of amides is 1. The molecule has 0 spiro atoms. The Bertz CT molecular complexity index is 584. The highest BCUT2D eigenvalue weighted by Crippen LogP contribution is 2.23. The average molecular weight is 284 g/mol. The van der Waals surface area contributed by atoms with Crippen molar-refractivity contribution < 1.29 is 9.53 Å². The van der Waals surface area contributed by atoms with Gasteiger partial charge in [0.2, 0.25) is 0 Å². The van der Waals surface area contributed by atoms with Gasteiger partial charge in [-0.2, -0.15) is 0 Å². The fourth-order valence-corrected chi connectivity index (χ4v) is 1.88. The summed E-state index contributed by atoms with van der Waals surface area (Å²) in [5.74, 6) is 0.585. The van der Waals surface area contributed by atoms with Crippen molar-refractivity contribution in [2.45, 2.75) is 26.3 Å². The van der Waals surface area contributed by atoms with E-state index in [2.05, 4.69) is 10.3 Å². The Labute approximate surface area is 125 Å². The van der Waals surface area contributed by atoms with Crippen LogP contribution >= 0.6 is 0 Å². The van der Waals surface area contributed by atoms with E-state index in [-0.39, 0.29) is 18.6 Å². The van der Waals surface area contributed by atoms with Gasteiger partial charge < -0.3 is 10.1 Å². The van der Waals surface area contributed by atoms with E-state index < -0.39 is 0 Å². The zero-order valence-electron chi connectivity index (χ0n) is 12.4. The highest BCUT2D eigenvalue weighted by atomic mass is 16.5. The van der Waals surface area contributed by atoms with Gasteiger partial charge in [-0.25, -0.2) is 0 Å². The third kappa shape index (κ3) is 4.60. The molecule has 1 heterocycles. The van der Waals surface area contributed by atoms with Crippen molar-refractivity contribution in [2.75, 3.05) is 6.61 Å². The van der Waals surface area contributed by atoms with Gasteiger partial charge in [-0.1, -0.05) is 19.1 Å². The van der Waals surface area contributed by atoms with Crippen LogP contribution in [0.1, 0.15) is 20.3 Å². The molecular formula is C17H20N2O2. The third-order valence-electron chi connectivity index (χ3n) is 3.24. The maximum absolute atomic E-state index is 11.7. The second kappa shape index (κ2) is 7.43. The first-order valence-electron chi connectivity index (χ1n) is 7.11. The first kappa shape index (κ1) is 15.0. The predicted octanol–water partition coefficient (Wildman–Crippen LogP) is 3.04. The van der Waals surface area contributed by atoms with Crippen LogP contribution in [-0.4, -0.2) is 23.5 Å². The fourth-order valence-electron chi connectivity index (χ4n) is 1.88. The Kier molecular flexibility index (Phi) is 5.32. The van der Waals surface area contributed by atoms with E-state index in [1.807, 2.05) is 50.2 Å². The molecule has 2 rings (SSSR count). The van der Waals surface area contributed by atoms with Gasteiger partial charge in [0.15, 0.2) is 6.61 Å². The van der Waals surface area contributed by atoms with Crippen molar-refractivity contribution in [3.05, 3.63) is 48.8 Å². The van der Waals surface area contributed by atoms with Crippen LogP contribution in [-0.2, 0) is 4.79 Å². The number of aromatic nitrogens is 1. The van der Waals surface area contributed by atoms with Crippen LogP contribution in [0.25, 0.3) is 11.1 Å². The number of carbonyl (C=O) groups is 1. The maximum Gasteiger partial charge on any atom is 0.258 e. The van der Waals surface area contributed by atoms with E-state index in [1.54, 1.807) is 12.4 Å². The Morgan fingerprint density at radius 2 is 2.00 bits per heavy atom. The highest BCUT2D eigenvalue weighted by Gasteiger charge is 2.06. The molecule has 1 aromatic carbocycles. The molecule has 1 aromatic heterocycles. The van der Waals surface area contributed by atoms with Crippen LogP contribution in [0.5, 0.6) is 5.75 Å². The van der Waals surface area contributed by atoms with Gasteiger partial charge >= 0.3 is 0 Å². The molecule has 1 unspecified atom stereocenters. The number of hydrogen-bond donors (Lipinski definition) is 1. The minimum atomic E-state index is -0.0985. The minimum absolute atomic E-state index is 0.0319. The van der Waals surface area contributed by atoms with E-state index in [0.717, 1.165) is 17.5 Å². The van der Waals surface area contributed by atoms with Crippen molar-refractivity contribution in [1.82, 2.24) is 10.3 Å². The lowest BCUT2D eigenvalue weighted by atomic mass is 10.1. The van der Waals surface area contributed by atoms with Gasteiger partial charge in [-0.3, -0.25) is 9.78 Å². The largest absolute Gasteiger partial charge is 0.484 e. The number of nitrogens with one attached hydrogen (secondary N) is 1. The van der Waals surface area contributed by atoms with Crippen molar-refractivity contribution in [3.8, 4) is 16.9 Å². The summed E-state index contributed by atoms with van der Waals surface area (Å²) in [6.07, 6.45) is 4.41. The van der Waals surface area contributed by atoms with Crippen LogP contribution in [0.2, 0.25) is 0 Å². The first-order valence-corrected chi connectivity index (χ1v) is 7.11. The number of benzene rings is 1. The van der Waals surface area contributed by atoms with E-state index >= 15 is 0 Å². The van der Waals surface area contributed by atoms with E-state index in [1.165, 1.54) is 0 Å². The smallest absolute Gasteiger partial charge is 0.258 e. The first-order chi connectivity index (χ1) is 10.2. The fraction of sp³-hybridized carbons (Fsp3) is 0.294. The molecule has 0 aliphatic rings. The lowest BCUT2D eigenvalue weighted by molar-refractivity contribution is -0.123. The molecule has 1 amide bonds. The summed E-state index contributed by atoms with van der Waals surface area (Å²) in [5.41, 5.74) is 2.11. The van der Waals surface area contributed by atoms with Gasteiger partial charge in [-0.05, 0) is 48.7 Å². The van der Waals surface area contributed by atoms with Crippen molar-refractivity contribution in [3.63, 3.8) is 0 Å². The highest BCUT2D eigenvalue weighted by molar-refractivity contribution is 5.77. The molecule has 0 fully saturated rings. The van der Waals surface area contributed by atoms with E-state index in [0.29, 0.717) is 5.75 Å². The summed E-state index contributed by atoms with van der Waals surface area (Å²) in [6.45, 7) is 4.04. The monoisotopic (exact) mass is 284 g/mol. The topological polar surface area (TPSA) is 51.2 Å². The van der Waals surface area contributed by atoms with Gasteiger partial charge in [0, 0.05) is 18.4 Å². The molecule has 0 bridgehead atoms. The summed E-state index contributed by atoms with van der Waals surface area (Å²) in [5, 5.41) is 2.87. The molecular weight excluding hydrogens is 264 g/mol. The number of pyridine rings is 1. The van der Waals surface area contributed by atoms with Crippen LogP contribution in [0.4, 0.5) is 0 Å². The molecule has 1 atom stereocenters. The Morgan fingerprint density at radius 1 is 1.24 bits per heavy atom. The second-order valence-electron chi connectivity index (χ2n) is 4.93. The quantitative estimate of drug-likeness (QED) is 0.887. The Hall–Kier alpha value is -2.36. The van der Waals surface area contributed by atoms with Crippen molar-refractivity contribution in [1.29, 1.82) is 0 Å². The number of carbonyl (C=O) groups excluding carboxylic acids is 1. The Morgan fingerprint density at radius 3 is 2.71 bits per heavy atom. The molecule has 0 saturated heterocycles. The van der Waals surface area contributed by atoms with Crippen LogP contribution < -0.4 is 10.1 Å². The summed E-state index contributed by atoms with van der Waals surface area (Å²) in [7, 11) is 0. The molecule has 2 aromatic rings. The standard InChI is InChI=1S/C17H20N2O2/c1-3-13(2)19-17(20)12-21-16-6-4-5-15(11-16)14-7-9-18-10-8-14/h4-11,13H,3,12H2,1-2H3,(H,19,20). The third-order valence-corrected chi connectivity index (χ3v) is 3.24. The number of hydrogen-bond acceptors (Lipinski definition) is 3. The normalized spacial score (nSPS) is 11.7.